The van der Waals surface area contributed by atoms with Crippen LogP contribution in [-0.2, 0) is 11.8 Å². The van der Waals surface area contributed by atoms with Crippen molar-refractivity contribution in [3.05, 3.63) is 48.2 Å². The number of pyridine rings is 2. The summed E-state index contributed by atoms with van der Waals surface area (Å²) in [7, 11) is 2.03. The van der Waals surface area contributed by atoms with Gasteiger partial charge in [-0.2, -0.15) is 0 Å². The lowest BCUT2D eigenvalue weighted by Gasteiger charge is -2.33. The predicted octanol–water partition coefficient (Wildman–Crippen LogP) is 2.22. The Hall–Kier alpha value is -3.00. The van der Waals surface area contributed by atoms with Gasteiger partial charge >= 0.3 is 0 Å². The van der Waals surface area contributed by atoms with Gasteiger partial charge in [-0.1, -0.05) is 0 Å². The Morgan fingerprint density at radius 1 is 1.17 bits per heavy atom. The number of hydrogen-bond donors (Lipinski definition) is 0. The topological polar surface area (TPSA) is 76.4 Å². The van der Waals surface area contributed by atoms with E-state index < -0.39 is 0 Å². The van der Waals surface area contributed by atoms with Crippen molar-refractivity contribution in [3.63, 3.8) is 0 Å². The predicted molar refractivity (Wildman–Crippen MR) is 114 cm³/mol. The SMILES string of the molecule is Cn1cnc2c(N3CCOCC3)nc(C3CCN(C(=O)c4cccnc4)CC3)cc21. The van der Waals surface area contributed by atoms with E-state index in [1.54, 1.807) is 18.5 Å². The van der Waals surface area contributed by atoms with E-state index in [0.717, 1.165) is 74.8 Å². The Labute approximate surface area is 175 Å². The van der Waals surface area contributed by atoms with E-state index in [1.807, 2.05) is 24.3 Å². The maximum absolute atomic E-state index is 12.7. The van der Waals surface area contributed by atoms with Gasteiger partial charge in [-0.3, -0.25) is 9.78 Å². The molecule has 5 rings (SSSR count). The van der Waals surface area contributed by atoms with Crippen LogP contribution in [0.3, 0.4) is 0 Å². The minimum atomic E-state index is 0.0607. The molecule has 8 nitrogen and oxygen atoms in total. The fourth-order valence-electron chi connectivity index (χ4n) is 4.38. The monoisotopic (exact) mass is 406 g/mol. The second-order valence-corrected chi connectivity index (χ2v) is 8.00. The first-order chi connectivity index (χ1) is 14.7. The zero-order chi connectivity index (χ0) is 20.5. The lowest BCUT2D eigenvalue weighted by Crippen LogP contribution is -2.38. The van der Waals surface area contributed by atoms with Crippen LogP contribution in [0.25, 0.3) is 11.0 Å². The quantitative estimate of drug-likeness (QED) is 0.664. The molecule has 156 valence electrons. The summed E-state index contributed by atoms with van der Waals surface area (Å²) < 4.78 is 7.58. The molecule has 0 aliphatic carbocycles. The number of carbonyl (C=O) groups excluding carboxylic acids is 1. The summed E-state index contributed by atoms with van der Waals surface area (Å²) in [6.45, 7) is 4.57. The van der Waals surface area contributed by atoms with Gasteiger partial charge in [0, 0.05) is 57.2 Å². The number of anilines is 1. The third-order valence-corrected chi connectivity index (χ3v) is 6.13. The second kappa shape index (κ2) is 8.02. The van der Waals surface area contributed by atoms with Gasteiger partial charge in [-0.05, 0) is 31.0 Å². The third-order valence-electron chi connectivity index (χ3n) is 6.13. The molecule has 0 spiro atoms. The van der Waals surface area contributed by atoms with Gasteiger partial charge in [0.2, 0.25) is 0 Å². The van der Waals surface area contributed by atoms with Crippen LogP contribution in [0.5, 0.6) is 0 Å². The standard InChI is InChI=1S/C22H26N6O2/c1-26-15-24-20-19(26)13-18(25-21(20)27-9-11-30-12-10-27)16-4-7-28(8-5-16)22(29)17-3-2-6-23-14-17/h2-3,6,13-16H,4-5,7-12H2,1H3. The molecule has 5 heterocycles. The lowest BCUT2D eigenvalue weighted by molar-refractivity contribution is 0.0711. The van der Waals surface area contributed by atoms with Gasteiger partial charge in [0.05, 0.1) is 30.6 Å². The van der Waals surface area contributed by atoms with Crippen molar-refractivity contribution < 1.29 is 9.53 Å². The molecular weight excluding hydrogens is 380 g/mol. The number of likely N-dealkylation sites (tertiary alicyclic amines) is 1. The summed E-state index contributed by atoms with van der Waals surface area (Å²) in [6.07, 6.45) is 7.00. The fourth-order valence-corrected chi connectivity index (χ4v) is 4.38. The molecule has 0 bridgehead atoms. The van der Waals surface area contributed by atoms with Gasteiger partial charge in [0.25, 0.3) is 5.91 Å². The van der Waals surface area contributed by atoms with Crippen molar-refractivity contribution in [2.75, 3.05) is 44.3 Å². The van der Waals surface area contributed by atoms with E-state index in [-0.39, 0.29) is 5.91 Å². The highest BCUT2D eigenvalue weighted by Gasteiger charge is 2.27. The van der Waals surface area contributed by atoms with Crippen LogP contribution >= 0.6 is 0 Å². The molecule has 3 aromatic rings. The Morgan fingerprint density at radius 2 is 1.97 bits per heavy atom. The lowest BCUT2D eigenvalue weighted by atomic mass is 9.92. The zero-order valence-electron chi connectivity index (χ0n) is 17.2. The van der Waals surface area contributed by atoms with Gasteiger partial charge in [0.1, 0.15) is 5.52 Å². The average molecular weight is 406 g/mol. The Bertz CT molecular complexity index is 1040. The first-order valence-corrected chi connectivity index (χ1v) is 10.5. The molecule has 0 unspecified atom stereocenters. The fraction of sp³-hybridized carbons (Fsp3) is 0.455. The van der Waals surface area contributed by atoms with E-state index in [2.05, 4.69) is 25.5 Å². The van der Waals surface area contributed by atoms with E-state index in [9.17, 15) is 4.79 Å². The van der Waals surface area contributed by atoms with Crippen molar-refractivity contribution in [2.45, 2.75) is 18.8 Å². The molecule has 8 heteroatoms. The van der Waals surface area contributed by atoms with Crippen molar-refractivity contribution in [1.29, 1.82) is 0 Å². The molecule has 30 heavy (non-hydrogen) atoms. The van der Waals surface area contributed by atoms with Gasteiger partial charge < -0.3 is 19.1 Å². The molecular formula is C22H26N6O2. The zero-order valence-corrected chi connectivity index (χ0v) is 17.2. The Balaban J connectivity index is 1.38. The van der Waals surface area contributed by atoms with E-state index in [4.69, 9.17) is 9.72 Å². The van der Waals surface area contributed by atoms with Crippen LogP contribution in [0.2, 0.25) is 0 Å². The number of amides is 1. The van der Waals surface area contributed by atoms with E-state index in [1.165, 1.54) is 0 Å². The van der Waals surface area contributed by atoms with Crippen LogP contribution < -0.4 is 4.90 Å². The number of piperidine rings is 1. The molecule has 2 aliphatic rings. The summed E-state index contributed by atoms with van der Waals surface area (Å²) >= 11 is 0. The summed E-state index contributed by atoms with van der Waals surface area (Å²) in [4.78, 5) is 30.7. The van der Waals surface area contributed by atoms with Crippen molar-refractivity contribution >= 4 is 22.8 Å². The van der Waals surface area contributed by atoms with Crippen LogP contribution in [0.1, 0.15) is 34.8 Å². The van der Waals surface area contributed by atoms with E-state index >= 15 is 0 Å². The van der Waals surface area contributed by atoms with E-state index in [0.29, 0.717) is 11.5 Å². The molecule has 0 N–H and O–H groups in total. The molecule has 0 radical (unpaired) electrons. The number of aryl methyl sites for hydroxylation is 1. The average Bonchev–Trinajstić information content (AvgIpc) is 3.20. The van der Waals surface area contributed by atoms with Crippen LogP contribution in [0, 0.1) is 0 Å². The van der Waals surface area contributed by atoms with Crippen LogP contribution in [0.15, 0.2) is 36.9 Å². The highest BCUT2D eigenvalue weighted by Crippen LogP contribution is 2.33. The largest absolute Gasteiger partial charge is 0.378 e. The summed E-state index contributed by atoms with van der Waals surface area (Å²) in [5.74, 6) is 1.35. The summed E-state index contributed by atoms with van der Waals surface area (Å²) in [5.41, 5.74) is 3.81. The smallest absolute Gasteiger partial charge is 0.255 e. The number of hydrogen-bond acceptors (Lipinski definition) is 6. The van der Waals surface area contributed by atoms with Crippen LogP contribution in [-0.4, -0.2) is 69.7 Å². The maximum Gasteiger partial charge on any atom is 0.255 e. The second-order valence-electron chi connectivity index (χ2n) is 8.00. The number of ether oxygens (including phenoxy) is 1. The van der Waals surface area contributed by atoms with Gasteiger partial charge in [-0.25, -0.2) is 9.97 Å². The van der Waals surface area contributed by atoms with Crippen LogP contribution in [0.4, 0.5) is 5.82 Å². The third kappa shape index (κ3) is 3.52. The molecule has 0 aromatic carbocycles. The maximum atomic E-state index is 12.7. The number of aromatic nitrogens is 4. The minimum Gasteiger partial charge on any atom is -0.378 e. The van der Waals surface area contributed by atoms with Gasteiger partial charge in [0.15, 0.2) is 5.82 Å². The number of rotatable bonds is 3. The molecule has 2 saturated heterocycles. The normalized spacial score (nSPS) is 18.2. The molecule has 3 aromatic heterocycles. The highest BCUT2D eigenvalue weighted by molar-refractivity contribution is 5.94. The first kappa shape index (κ1) is 19.0. The molecule has 2 fully saturated rings. The molecule has 1 amide bonds. The molecule has 0 saturated carbocycles. The highest BCUT2D eigenvalue weighted by atomic mass is 16.5. The van der Waals surface area contributed by atoms with Crippen molar-refractivity contribution in [1.82, 2.24) is 24.4 Å². The summed E-state index contributed by atoms with van der Waals surface area (Å²) in [6, 6.07) is 5.81. The molecule has 2 aliphatic heterocycles. The Morgan fingerprint density at radius 3 is 2.70 bits per heavy atom. The minimum absolute atomic E-state index is 0.0607. The van der Waals surface area contributed by atoms with Crippen molar-refractivity contribution in [3.8, 4) is 0 Å². The van der Waals surface area contributed by atoms with Crippen molar-refractivity contribution in [2.24, 2.45) is 7.05 Å². The number of carbonyl (C=O) groups is 1. The Kier molecular flexibility index (Phi) is 5.08. The van der Waals surface area contributed by atoms with Gasteiger partial charge in [-0.15, -0.1) is 0 Å². The molecule has 0 atom stereocenters. The first-order valence-electron chi connectivity index (χ1n) is 10.5. The number of fused-ring (bicyclic) bond motifs is 1. The number of imidazole rings is 1. The summed E-state index contributed by atoms with van der Waals surface area (Å²) in [5, 5.41) is 0. The number of morpholine rings is 1. The number of nitrogens with zero attached hydrogens (tertiary/aromatic N) is 6.